The number of ether oxygens (including phenoxy) is 1. The van der Waals surface area contributed by atoms with Crippen LogP contribution in [0.1, 0.15) is 49.5 Å². The highest BCUT2D eigenvalue weighted by Crippen LogP contribution is 2.29. The van der Waals surface area contributed by atoms with Gasteiger partial charge in [0.2, 0.25) is 0 Å². The first kappa shape index (κ1) is 16.5. The van der Waals surface area contributed by atoms with E-state index >= 15 is 0 Å². The minimum Gasteiger partial charge on any atom is -0.453 e. The smallest absolute Gasteiger partial charge is 0.411 e. The van der Waals surface area contributed by atoms with Gasteiger partial charge < -0.3 is 15.5 Å². The van der Waals surface area contributed by atoms with Crippen LogP contribution >= 0.6 is 0 Å². The van der Waals surface area contributed by atoms with Gasteiger partial charge >= 0.3 is 6.09 Å². The lowest BCUT2D eigenvalue weighted by Gasteiger charge is -2.13. The molecule has 1 amide bonds. The Morgan fingerprint density at radius 2 is 2.17 bits per heavy atom. The number of amides is 1. The second kappa shape index (κ2) is 7.49. The molecule has 1 unspecified atom stereocenters. The van der Waals surface area contributed by atoms with Crippen molar-refractivity contribution in [3.63, 3.8) is 0 Å². The van der Waals surface area contributed by atoms with Crippen molar-refractivity contribution in [2.75, 3.05) is 12.4 Å². The number of carbonyl (C=O) groups excluding carboxylic acids is 1. The molecule has 0 fully saturated rings. The lowest BCUT2D eigenvalue weighted by molar-refractivity contribution is 0.187. The van der Waals surface area contributed by atoms with Gasteiger partial charge in [0.05, 0.1) is 18.8 Å². The molecule has 1 atom stereocenters. The second-order valence-corrected chi connectivity index (χ2v) is 6.22. The molecule has 2 aromatic rings. The van der Waals surface area contributed by atoms with E-state index in [2.05, 4.69) is 20.0 Å². The molecule has 6 nitrogen and oxygen atoms in total. The number of nitrogens with one attached hydrogen (secondary N) is 2. The molecular formula is C18H24N4O2. The fourth-order valence-electron chi connectivity index (χ4n) is 3.13. The van der Waals surface area contributed by atoms with Crippen LogP contribution in [0.4, 0.5) is 10.5 Å². The number of fused-ring (bicyclic) bond motifs is 4. The van der Waals surface area contributed by atoms with Gasteiger partial charge in [-0.15, -0.1) is 0 Å². The average Bonchev–Trinajstić information content (AvgIpc) is 3.07. The number of imidazole rings is 1. The summed E-state index contributed by atoms with van der Waals surface area (Å²) in [4.78, 5) is 19.3. The molecule has 128 valence electrons. The van der Waals surface area contributed by atoms with Crippen LogP contribution in [0.15, 0.2) is 24.4 Å². The summed E-state index contributed by atoms with van der Waals surface area (Å²) in [6.45, 7) is 0. The van der Waals surface area contributed by atoms with E-state index in [0.29, 0.717) is 0 Å². The lowest BCUT2D eigenvalue weighted by Crippen LogP contribution is -2.12. The van der Waals surface area contributed by atoms with Gasteiger partial charge in [0.1, 0.15) is 5.82 Å². The number of carbonyl (C=O) groups is 1. The minimum absolute atomic E-state index is 0.0399. The predicted octanol–water partition coefficient (Wildman–Crippen LogP) is 3.76. The third kappa shape index (κ3) is 3.76. The van der Waals surface area contributed by atoms with Gasteiger partial charge in [0.25, 0.3) is 0 Å². The fourth-order valence-corrected chi connectivity index (χ4v) is 3.13. The molecule has 1 aromatic carbocycles. The van der Waals surface area contributed by atoms with Crippen LogP contribution in [0.3, 0.4) is 0 Å². The van der Waals surface area contributed by atoms with Crippen molar-refractivity contribution < 1.29 is 9.53 Å². The zero-order valence-electron chi connectivity index (χ0n) is 14.0. The number of nitrogens with two attached hydrogens (primary N) is 1. The molecule has 2 bridgehead atoms. The predicted molar refractivity (Wildman–Crippen MR) is 93.8 cm³/mol. The highest BCUT2D eigenvalue weighted by atomic mass is 16.5. The normalized spacial score (nSPS) is 18.0. The van der Waals surface area contributed by atoms with Crippen LogP contribution in [-0.4, -0.2) is 23.2 Å². The maximum absolute atomic E-state index is 11.4. The van der Waals surface area contributed by atoms with Crippen molar-refractivity contribution >= 4 is 11.8 Å². The highest BCUT2D eigenvalue weighted by molar-refractivity contribution is 5.85. The Kier molecular flexibility index (Phi) is 5.15. The van der Waals surface area contributed by atoms with Gasteiger partial charge in [-0.05, 0) is 37.0 Å². The molecular weight excluding hydrogens is 304 g/mol. The van der Waals surface area contributed by atoms with E-state index in [9.17, 15) is 4.79 Å². The Hall–Kier alpha value is -2.34. The summed E-state index contributed by atoms with van der Waals surface area (Å²) in [5.74, 6) is 0.841. The number of nitrogens with zero attached hydrogens (tertiary/aromatic N) is 1. The van der Waals surface area contributed by atoms with Gasteiger partial charge in [-0.3, -0.25) is 5.32 Å². The van der Waals surface area contributed by atoms with Gasteiger partial charge in [0.15, 0.2) is 0 Å². The molecule has 0 saturated heterocycles. The first-order valence-electron chi connectivity index (χ1n) is 8.46. The molecule has 3 rings (SSSR count). The average molecular weight is 328 g/mol. The maximum Gasteiger partial charge on any atom is 0.411 e. The van der Waals surface area contributed by atoms with Crippen LogP contribution in [-0.2, 0) is 11.2 Å². The summed E-state index contributed by atoms with van der Waals surface area (Å²) < 4.78 is 4.66. The van der Waals surface area contributed by atoms with E-state index in [1.165, 1.54) is 25.5 Å². The Bertz CT molecular complexity index is 711. The topological polar surface area (TPSA) is 93.0 Å². The molecule has 0 saturated carbocycles. The van der Waals surface area contributed by atoms with Gasteiger partial charge in [-0.2, -0.15) is 0 Å². The Morgan fingerprint density at radius 1 is 1.33 bits per heavy atom. The molecule has 1 aromatic heterocycles. The SMILES string of the molecule is COC(=O)Nc1ccc2c(c1)CCCCCCC(N)c1nc-2c[nH]1. The summed E-state index contributed by atoms with van der Waals surface area (Å²) in [5, 5.41) is 2.73. The van der Waals surface area contributed by atoms with E-state index in [-0.39, 0.29) is 6.04 Å². The Labute approximate surface area is 141 Å². The third-order valence-corrected chi connectivity index (χ3v) is 4.47. The van der Waals surface area contributed by atoms with E-state index < -0.39 is 6.09 Å². The number of anilines is 1. The van der Waals surface area contributed by atoms with Crippen LogP contribution in [0, 0.1) is 0 Å². The van der Waals surface area contributed by atoms with Crippen molar-refractivity contribution in [1.29, 1.82) is 0 Å². The van der Waals surface area contributed by atoms with Gasteiger partial charge in [0, 0.05) is 17.4 Å². The lowest BCUT2D eigenvalue weighted by atomic mass is 9.97. The molecule has 24 heavy (non-hydrogen) atoms. The number of hydrogen-bond donors (Lipinski definition) is 3. The Morgan fingerprint density at radius 3 is 3.00 bits per heavy atom. The summed E-state index contributed by atoms with van der Waals surface area (Å²) in [6.07, 6.45) is 7.96. The van der Waals surface area contributed by atoms with Gasteiger partial charge in [-0.1, -0.05) is 25.3 Å². The molecule has 1 aliphatic rings. The molecule has 0 radical (unpaired) electrons. The van der Waals surface area contributed by atoms with Crippen molar-refractivity contribution in [3.05, 3.63) is 35.8 Å². The second-order valence-electron chi connectivity index (χ2n) is 6.22. The van der Waals surface area contributed by atoms with Gasteiger partial charge in [-0.25, -0.2) is 9.78 Å². The molecule has 0 spiro atoms. The van der Waals surface area contributed by atoms with E-state index in [0.717, 1.165) is 48.5 Å². The maximum atomic E-state index is 11.4. The number of aryl methyl sites for hydroxylation is 1. The van der Waals surface area contributed by atoms with E-state index in [4.69, 9.17) is 5.73 Å². The standard InChI is InChI=1S/C18H24N4O2/c1-24-18(23)21-13-8-9-14-12(10-13)6-4-2-3-5-7-15(19)17-20-11-16(14)22-17/h8-11,15H,2-7,19H2,1H3,(H,20,22)(H,21,23). The zero-order chi connectivity index (χ0) is 16.9. The first-order valence-corrected chi connectivity index (χ1v) is 8.46. The van der Waals surface area contributed by atoms with Crippen LogP contribution in [0.25, 0.3) is 11.3 Å². The number of benzene rings is 1. The number of aromatic amines is 1. The molecule has 2 heterocycles. The molecule has 1 aliphatic heterocycles. The number of hydrogen-bond acceptors (Lipinski definition) is 4. The number of rotatable bonds is 1. The highest BCUT2D eigenvalue weighted by Gasteiger charge is 2.15. The van der Waals surface area contributed by atoms with Crippen molar-refractivity contribution in [2.45, 2.75) is 44.6 Å². The fraction of sp³-hybridized carbons (Fsp3) is 0.444. The van der Waals surface area contributed by atoms with E-state index in [1.54, 1.807) is 0 Å². The summed E-state index contributed by atoms with van der Waals surface area (Å²) >= 11 is 0. The summed E-state index contributed by atoms with van der Waals surface area (Å²) in [5.41, 5.74) is 10.1. The minimum atomic E-state index is -0.462. The Balaban J connectivity index is 1.95. The van der Waals surface area contributed by atoms with Crippen LogP contribution in [0.2, 0.25) is 0 Å². The number of aromatic nitrogens is 2. The number of methoxy groups -OCH3 is 1. The molecule has 6 heteroatoms. The van der Waals surface area contributed by atoms with E-state index in [1.807, 2.05) is 24.4 Å². The van der Waals surface area contributed by atoms with Crippen LogP contribution < -0.4 is 11.1 Å². The van der Waals surface area contributed by atoms with Crippen molar-refractivity contribution in [2.24, 2.45) is 5.73 Å². The number of H-pyrrole nitrogens is 1. The third-order valence-electron chi connectivity index (χ3n) is 4.47. The largest absolute Gasteiger partial charge is 0.453 e. The monoisotopic (exact) mass is 328 g/mol. The summed E-state index contributed by atoms with van der Waals surface area (Å²) in [7, 11) is 1.36. The van der Waals surface area contributed by atoms with Crippen molar-refractivity contribution in [3.8, 4) is 11.3 Å². The van der Waals surface area contributed by atoms with Crippen LogP contribution in [0.5, 0.6) is 0 Å². The van der Waals surface area contributed by atoms with Crippen molar-refractivity contribution in [1.82, 2.24) is 9.97 Å². The summed E-state index contributed by atoms with van der Waals surface area (Å²) in [6, 6.07) is 5.84. The molecule has 4 N–H and O–H groups in total. The molecule has 0 aliphatic carbocycles. The zero-order valence-corrected chi connectivity index (χ0v) is 14.0. The first-order chi connectivity index (χ1) is 11.7. The quantitative estimate of drug-likeness (QED) is 0.743.